The molecule has 1 atom stereocenters. The molecule has 0 aliphatic carbocycles. The molecule has 1 unspecified atom stereocenters. The van der Waals surface area contributed by atoms with Crippen LogP contribution in [0.5, 0.6) is 0 Å². The molecule has 47 heavy (non-hydrogen) atoms. The fourth-order valence-corrected chi connectivity index (χ4v) is 9.44. The Bertz CT molecular complexity index is 1490. The summed E-state index contributed by atoms with van der Waals surface area (Å²) in [4.78, 5) is 21.9. The summed E-state index contributed by atoms with van der Waals surface area (Å²) in [6, 6.07) is 0. The number of hydrogen-bond donors (Lipinski definition) is 1. The summed E-state index contributed by atoms with van der Waals surface area (Å²) in [5, 5.41) is 11.9. The van der Waals surface area contributed by atoms with Gasteiger partial charge in [-0.3, -0.25) is 14.6 Å². The summed E-state index contributed by atoms with van der Waals surface area (Å²) >= 11 is 0. The van der Waals surface area contributed by atoms with Gasteiger partial charge in [-0.2, -0.15) is 0 Å². The van der Waals surface area contributed by atoms with Gasteiger partial charge in [0.25, 0.3) is 0 Å². The molecule has 3 rings (SSSR count). The van der Waals surface area contributed by atoms with E-state index in [1.165, 1.54) is 61.2 Å². The molecule has 264 valence electrons. The molecule has 1 aliphatic rings. The van der Waals surface area contributed by atoms with Crippen LogP contribution < -0.4 is 4.90 Å². The standard InChI is InChI=1S/C42H69N3O2/c1-24-26(3)30(7)35(31(8)27(24)4)22-34(46)23-44-39(13,14)41(17,18)45(42(19,20)40(44,15)16)38(11,12)37(47)43(21)36-32(9)28(5)25(2)29(6)33(36)10/h34,46H,22-23H2,1-21H3. The number of aliphatic hydroxyl groups is 1. The molecule has 0 radical (unpaired) electrons. The molecule has 0 saturated carbocycles. The summed E-state index contributed by atoms with van der Waals surface area (Å²) in [6.07, 6.45) is 0.0840. The lowest BCUT2D eigenvalue weighted by atomic mass is 9.62. The zero-order valence-electron chi connectivity index (χ0n) is 34.2. The molecule has 5 nitrogen and oxygen atoms in total. The molecule has 1 N–H and O–H groups in total. The van der Waals surface area contributed by atoms with Crippen LogP contribution in [0.4, 0.5) is 5.69 Å². The number of carbonyl (C=O) groups excluding carboxylic acids is 1. The van der Waals surface area contributed by atoms with Gasteiger partial charge in [-0.1, -0.05) is 0 Å². The lowest BCUT2D eigenvalue weighted by Crippen LogP contribution is -2.88. The Hall–Kier alpha value is -2.21. The van der Waals surface area contributed by atoms with E-state index in [4.69, 9.17) is 0 Å². The van der Waals surface area contributed by atoms with E-state index in [0.29, 0.717) is 13.0 Å². The highest BCUT2D eigenvalue weighted by molar-refractivity contribution is 6.01. The van der Waals surface area contributed by atoms with Crippen LogP contribution in [0.25, 0.3) is 0 Å². The van der Waals surface area contributed by atoms with Crippen molar-refractivity contribution in [3.8, 4) is 0 Å². The van der Waals surface area contributed by atoms with Gasteiger partial charge in [-0.25, -0.2) is 0 Å². The Labute approximate surface area is 289 Å². The monoisotopic (exact) mass is 648 g/mol. The van der Waals surface area contributed by atoms with Crippen LogP contribution in [0.1, 0.15) is 130 Å². The smallest absolute Gasteiger partial charge is 0.246 e. The Morgan fingerprint density at radius 1 is 0.617 bits per heavy atom. The minimum Gasteiger partial charge on any atom is -0.391 e. The highest BCUT2D eigenvalue weighted by atomic mass is 16.3. The maximum atomic E-state index is 14.9. The number of aliphatic hydroxyl groups excluding tert-OH is 1. The van der Waals surface area contributed by atoms with Gasteiger partial charge in [-0.15, -0.1) is 0 Å². The van der Waals surface area contributed by atoms with Crippen LogP contribution in [0.3, 0.4) is 0 Å². The van der Waals surface area contributed by atoms with Crippen molar-refractivity contribution in [3.05, 3.63) is 61.2 Å². The van der Waals surface area contributed by atoms with Crippen LogP contribution in [-0.2, 0) is 11.2 Å². The number of hydrogen-bond acceptors (Lipinski definition) is 4. The first-order valence-corrected chi connectivity index (χ1v) is 17.7. The van der Waals surface area contributed by atoms with Crippen molar-refractivity contribution in [2.24, 2.45) is 0 Å². The second kappa shape index (κ2) is 12.3. The Morgan fingerprint density at radius 2 is 0.936 bits per heavy atom. The van der Waals surface area contributed by atoms with Crippen molar-refractivity contribution in [2.45, 2.75) is 179 Å². The van der Waals surface area contributed by atoms with Gasteiger partial charge >= 0.3 is 0 Å². The van der Waals surface area contributed by atoms with E-state index in [-0.39, 0.29) is 5.91 Å². The second-order valence-corrected chi connectivity index (χ2v) is 17.5. The van der Waals surface area contributed by atoms with Gasteiger partial charge in [0.1, 0.15) is 0 Å². The molecule has 2 aromatic rings. The minimum absolute atomic E-state index is 0.0867. The largest absolute Gasteiger partial charge is 0.391 e. The normalized spacial score (nSPS) is 20.0. The third kappa shape index (κ3) is 5.70. The average Bonchev–Trinajstić information content (AvgIpc) is 2.96. The zero-order valence-corrected chi connectivity index (χ0v) is 34.2. The molecule has 0 spiro atoms. The number of carbonyl (C=O) groups is 1. The van der Waals surface area contributed by atoms with Gasteiger partial charge < -0.3 is 10.0 Å². The van der Waals surface area contributed by atoms with E-state index in [0.717, 1.165) is 5.69 Å². The predicted molar refractivity (Wildman–Crippen MR) is 202 cm³/mol. The molecule has 0 aromatic heterocycles. The highest BCUT2D eigenvalue weighted by Gasteiger charge is 2.67. The van der Waals surface area contributed by atoms with Crippen molar-refractivity contribution in [1.82, 2.24) is 9.80 Å². The number of anilines is 1. The summed E-state index contributed by atoms with van der Waals surface area (Å²) in [5.74, 6) is 0.0867. The number of piperazine rings is 1. The SMILES string of the molecule is Cc1c(C)c(C)c(CC(O)CN2C(C)(C)C(C)(C)N(C(C)(C)C(=O)N(C)c3c(C)c(C)c(C)c(C)c3C)C(C)(C)C2(C)C)c(C)c1C. The van der Waals surface area contributed by atoms with Crippen LogP contribution in [0.2, 0.25) is 0 Å². The lowest BCUT2D eigenvalue weighted by Gasteiger charge is -2.74. The van der Waals surface area contributed by atoms with Crippen molar-refractivity contribution in [2.75, 3.05) is 18.5 Å². The molecule has 1 heterocycles. The van der Waals surface area contributed by atoms with E-state index >= 15 is 0 Å². The third-order valence-corrected chi connectivity index (χ3v) is 14.1. The van der Waals surface area contributed by atoms with Gasteiger partial charge in [0.15, 0.2) is 0 Å². The summed E-state index contributed by atoms with van der Waals surface area (Å²) in [5.41, 5.74) is 12.5. The van der Waals surface area contributed by atoms with Crippen molar-refractivity contribution in [3.63, 3.8) is 0 Å². The van der Waals surface area contributed by atoms with Gasteiger partial charge in [-0.05, 0) is 200 Å². The molecule has 2 aromatic carbocycles. The molecule has 1 aliphatic heterocycles. The first-order chi connectivity index (χ1) is 21.0. The highest BCUT2D eigenvalue weighted by Crippen LogP contribution is 2.54. The quantitative estimate of drug-likeness (QED) is 0.326. The van der Waals surface area contributed by atoms with E-state index in [9.17, 15) is 9.90 Å². The van der Waals surface area contributed by atoms with Crippen molar-refractivity contribution < 1.29 is 9.90 Å². The first-order valence-electron chi connectivity index (χ1n) is 17.7. The van der Waals surface area contributed by atoms with Gasteiger partial charge in [0, 0.05) is 47.9 Å². The molecule has 1 fully saturated rings. The molecule has 5 heteroatoms. The van der Waals surface area contributed by atoms with E-state index in [1.54, 1.807) is 0 Å². The molecular weight excluding hydrogens is 578 g/mol. The maximum Gasteiger partial charge on any atom is 0.246 e. The maximum absolute atomic E-state index is 14.9. The minimum atomic E-state index is -0.836. The Balaban J connectivity index is 2.10. The number of benzene rings is 2. The fraction of sp³-hybridized carbons (Fsp3) is 0.690. The number of amides is 1. The van der Waals surface area contributed by atoms with Crippen LogP contribution in [-0.4, -0.2) is 68.2 Å². The van der Waals surface area contributed by atoms with Crippen molar-refractivity contribution >= 4 is 11.6 Å². The predicted octanol–water partition coefficient (Wildman–Crippen LogP) is 8.85. The summed E-state index contributed by atoms with van der Waals surface area (Å²) < 4.78 is 0. The molecule has 1 amide bonds. The first kappa shape index (κ1) is 39.2. The molecule has 1 saturated heterocycles. The second-order valence-electron chi connectivity index (χ2n) is 17.5. The number of nitrogens with zero attached hydrogens (tertiary/aromatic N) is 3. The third-order valence-electron chi connectivity index (χ3n) is 14.1. The van der Waals surface area contributed by atoms with Crippen LogP contribution in [0.15, 0.2) is 0 Å². The summed E-state index contributed by atoms with van der Waals surface area (Å²) in [6.45, 7) is 44.9. The topological polar surface area (TPSA) is 47.0 Å². The number of β-amino-alcohol motifs (C(OH)–C–C–N with tert-alkyl or cyclic N) is 1. The number of likely N-dealkylation sites (N-methyl/N-ethyl adjacent to an activating group) is 1. The Kier molecular flexibility index (Phi) is 10.3. The molecular formula is C42H69N3O2. The summed E-state index contributed by atoms with van der Waals surface area (Å²) in [7, 11) is 1.95. The lowest BCUT2D eigenvalue weighted by molar-refractivity contribution is -0.242. The Morgan fingerprint density at radius 3 is 1.30 bits per heavy atom. The van der Waals surface area contributed by atoms with E-state index in [1.807, 2.05) is 11.9 Å². The van der Waals surface area contributed by atoms with E-state index < -0.39 is 33.8 Å². The average molecular weight is 648 g/mol. The zero-order chi connectivity index (χ0) is 36.7. The number of rotatable bonds is 7. The fourth-order valence-electron chi connectivity index (χ4n) is 9.44. The van der Waals surface area contributed by atoms with Gasteiger partial charge in [0.05, 0.1) is 11.6 Å². The van der Waals surface area contributed by atoms with Crippen molar-refractivity contribution in [1.29, 1.82) is 0 Å². The molecule has 0 bridgehead atoms. The van der Waals surface area contributed by atoms with Gasteiger partial charge in [0.2, 0.25) is 5.91 Å². The van der Waals surface area contributed by atoms with Crippen LogP contribution >= 0.6 is 0 Å². The van der Waals surface area contributed by atoms with E-state index in [2.05, 4.69) is 148 Å². The van der Waals surface area contributed by atoms with Crippen LogP contribution in [0, 0.1) is 69.2 Å².